The van der Waals surface area contributed by atoms with Crippen LogP contribution in [0.5, 0.6) is 0 Å². The molecule has 0 fully saturated rings. The Labute approximate surface area is 105 Å². The van der Waals surface area contributed by atoms with Gasteiger partial charge in [0.15, 0.2) is 0 Å². The molecule has 0 spiro atoms. The number of phosphoric ester groups is 1. The minimum absolute atomic E-state index is 0.135. The van der Waals surface area contributed by atoms with Crippen molar-refractivity contribution >= 4 is 13.8 Å². The summed E-state index contributed by atoms with van der Waals surface area (Å²) in [6.07, 6.45) is 1.53. The molecular formula is C9H17O8P. The third kappa shape index (κ3) is 6.61. The van der Waals surface area contributed by atoms with E-state index in [4.69, 9.17) is 9.79 Å². The van der Waals surface area contributed by atoms with E-state index >= 15 is 0 Å². The molecule has 0 aliphatic rings. The van der Waals surface area contributed by atoms with Gasteiger partial charge in [0.1, 0.15) is 5.57 Å². The van der Waals surface area contributed by atoms with Crippen LogP contribution in [0.4, 0.5) is 0 Å². The van der Waals surface area contributed by atoms with Gasteiger partial charge in [-0.3, -0.25) is 14.7 Å². The van der Waals surface area contributed by atoms with Crippen molar-refractivity contribution in [1.29, 1.82) is 0 Å². The minimum Gasteiger partial charge on any atom is -0.468 e. The van der Waals surface area contributed by atoms with Crippen molar-refractivity contribution in [1.82, 2.24) is 0 Å². The predicted octanol–water partition coefficient (Wildman–Crippen LogP) is 1.25. The van der Waals surface area contributed by atoms with E-state index in [2.05, 4.69) is 19.0 Å². The maximum Gasteiger partial charge on any atom is 0.527 e. The zero-order valence-electron chi connectivity index (χ0n) is 10.4. The number of carbonyl (C=O) groups excluding carboxylic acids is 1. The minimum atomic E-state index is -4.81. The maximum atomic E-state index is 11.5. The fraction of sp³-hybridized carbons (Fsp3) is 0.667. The van der Waals surface area contributed by atoms with Crippen LogP contribution in [0.2, 0.25) is 0 Å². The fourth-order valence-corrected chi connectivity index (χ4v) is 1.49. The third-order valence-electron chi connectivity index (χ3n) is 1.82. The summed E-state index contributed by atoms with van der Waals surface area (Å²) in [5, 5.41) is 0. The number of unbranched alkanes of at least 4 members (excludes halogenated alkanes) is 1. The average molecular weight is 284 g/mol. The summed E-state index contributed by atoms with van der Waals surface area (Å²) in [6, 6.07) is 0. The molecule has 0 heterocycles. The number of methoxy groups -OCH3 is 1. The standard InChI is InChI=1S/C9H17O8P/c1-4-5-6-7(8(10)16-15-3)9(14-2)17-18(11,12)13/h4-6H2,1-3H3,(H2,11,12,13). The first-order valence-electron chi connectivity index (χ1n) is 5.13. The highest BCUT2D eigenvalue weighted by molar-refractivity contribution is 7.46. The molecule has 0 saturated heterocycles. The second-order valence-electron chi connectivity index (χ2n) is 3.19. The second-order valence-corrected chi connectivity index (χ2v) is 4.36. The Hall–Kier alpha value is -1.08. The van der Waals surface area contributed by atoms with Crippen LogP contribution >= 0.6 is 7.82 Å². The van der Waals surface area contributed by atoms with Crippen LogP contribution in [0.15, 0.2) is 11.5 Å². The van der Waals surface area contributed by atoms with Crippen molar-refractivity contribution in [2.75, 3.05) is 14.2 Å². The summed E-state index contributed by atoms with van der Waals surface area (Å²) in [4.78, 5) is 37.4. The van der Waals surface area contributed by atoms with Gasteiger partial charge < -0.3 is 9.26 Å². The van der Waals surface area contributed by atoms with E-state index in [-0.39, 0.29) is 12.0 Å². The van der Waals surface area contributed by atoms with Crippen molar-refractivity contribution in [3.8, 4) is 0 Å². The van der Waals surface area contributed by atoms with E-state index in [1.807, 2.05) is 6.92 Å². The number of hydrogen-bond acceptors (Lipinski definition) is 6. The lowest BCUT2D eigenvalue weighted by Crippen LogP contribution is -2.12. The van der Waals surface area contributed by atoms with Crippen LogP contribution < -0.4 is 0 Å². The molecule has 9 heteroatoms. The van der Waals surface area contributed by atoms with Crippen molar-refractivity contribution in [2.45, 2.75) is 26.2 Å². The molecular weight excluding hydrogens is 267 g/mol. The first-order chi connectivity index (χ1) is 8.35. The van der Waals surface area contributed by atoms with Crippen LogP contribution in [-0.2, 0) is 28.4 Å². The Morgan fingerprint density at radius 3 is 2.28 bits per heavy atom. The lowest BCUT2D eigenvalue weighted by Gasteiger charge is -2.13. The van der Waals surface area contributed by atoms with E-state index in [9.17, 15) is 9.36 Å². The smallest absolute Gasteiger partial charge is 0.468 e. The molecule has 0 bridgehead atoms. The van der Waals surface area contributed by atoms with E-state index in [0.29, 0.717) is 6.42 Å². The number of hydrogen-bond donors (Lipinski definition) is 2. The Morgan fingerprint density at radius 2 is 1.89 bits per heavy atom. The fourth-order valence-electron chi connectivity index (χ4n) is 1.09. The zero-order chi connectivity index (χ0) is 14.2. The summed E-state index contributed by atoms with van der Waals surface area (Å²) >= 11 is 0. The molecule has 0 saturated carbocycles. The van der Waals surface area contributed by atoms with Crippen LogP contribution in [-0.4, -0.2) is 30.0 Å². The van der Waals surface area contributed by atoms with Gasteiger partial charge in [-0.25, -0.2) is 9.36 Å². The predicted molar refractivity (Wildman–Crippen MR) is 59.8 cm³/mol. The molecule has 0 rings (SSSR count). The quantitative estimate of drug-likeness (QED) is 0.225. The molecule has 0 aliphatic carbocycles. The maximum absolute atomic E-state index is 11.5. The van der Waals surface area contributed by atoms with Crippen molar-refractivity contribution < 1.29 is 38.2 Å². The summed E-state index contributed by atoms with van der Waals surface area (Å²) in [5.41, 5.74) is -0.135. The molecule has 0 radical (unpaired) electrons. The zero-order valence-corrected chi connectivity index (χ0v) is 11.3. The van der Waals surface area contributed by atoms with E-state index in [0.717, 1.165) is 20.6 Å². The lowest BCUT2D eigenvalue weighted by atomic mass is 10.1. The Balaban J connectivity index is 5.16. The van der Waals surface area contributed by atoms with E-state index in [1.165, 1.54) is 0 Å². The Morgan fingerprint density at radius 1 is 1.28 bits per heavy atom. The molecule has 18 heavy (non-hydrogen) atoms. The molecule has 2 N–H and O–H groups in total. The van der Waals surface area contributed by atoms with Crippen LogP contribution in [0.1, 0.15) is 26.2 Å². The normalized spacial score (nSPS) is 12.7. The molecule has 0 aromatic rings. The monoisotopic (exact) mass is 284 g/mol. The molecule has 0 aliphatic heterocycles. The highest BCUT2D eigenvalue weighted by Crippen LogP contribution is 2.40. The van der Waals surface area contributed by atoms with Gasteiger partial charge in [0.2, 0.25) is 0 Å². The molecule has 0 unspecified atom stereocenters. The SMILES string of the molecule is CCCCC(C(=O)OOC)=C(OC)OP(=O)(O)O. The van der Waals surface area contributed by atoms with Crippen molar-refractivity contribution in [3.05, 3.63) is 11.5 Å². The number of ether oxygens (including phenoxy) is 1. The van der Waals surface area contributed by atoms with Gasteiger partial charge in [0.05, 0.1) is 14.2 Å². The van der Waals surface area contributed by atoms with Crippen molar-refractivity contribution in [3.63, 3.8) is 0 Å². The van der Waals surface area contributed by atoms with E-state index in [1.54, 1.807) is 0 Å². The second kappa shape index (κ2) is 8.10. The third-order valence-corrected chi connectivity index (χ3v) is 2.22. The van der Waals surface area contributed by atoms with Crippen LogP contribution in [0, 0.1) is 0 Å². The molecule has 8 nitrogen and oxygen atoms in total. The summed E-state index contributed by atoms with van der Waals surface area (Å²) in [6.45, 7) is 1.88. The summed E-state index contributed by atoms with van der Waals surface area (Å²) in [7, 11) is -2.56. The molecule has 106 valence electrons. The largest absolute Gasteiger partial charge is 0.527 e. The van der Waals surface area contributed by atoms with Gasteiger partial charge in [0, 0.05) is 0 Å². The number of carbonyl (C=O) groups is 1. The first-order valence-corrected chi connectivity index (χ1v) is 6.66. The van der Waals surface area contributed by atoms with Gasteiger partial charge in [-0.2, -0.15) is 4.89 Å². The first kappa shape index (κ1) is 16.9. The topological polar surface area (TPSA) is 112 Å². The molecule has 0 aromatic heterocycles. The molecule has 0 amide bonds. The Bertz CT molecular complexity index is 344. The molecule has 0 atom stereocenters. The van der Waals surface area contributed by atoms with Gasteiger partial charge in [-0.05, 0) is 12.8 Å². The number of rotatable bonds is 8. The van der Waals surface area contributed by atoms with Crippen LogP contribution in [0.3, 0.4) is 0 Å². The van der Waals surface area contributed by atoms with Gasteiger partial charge in [0.25, 0.3) is 5.95 Å². The lowest BCUT2D eigenvalue weighted by molar-refractivity contribution is -0.251. The highest BCUT2D eigenvalue weighted by Gasteiger charge is 2.26. The van der Waals surface area contributed by atoms with Gasteiger partial charge >= 0.3 is 13.8 Å². The number of phosphoric acid groups is 1. The Kier molecular flexibility index (Phi) is 7.61. The average Bonchev–Trinajstić information content (AvgIpc) is 2.26. The summed E-state index contributed by atoms with van der Waals surface area (Å²) in [5.74, 6) is -1.49. The van der Waals surface area contributed by atoms with Crippen LogP contribution in [0.25, 0.3) is 0 Å². The van der Waals surface area contributed by atoms with Gasteiger partial charge in [-0.1, -0.05) is 13.3 Å². The van der Waals surface area contributed by atoms with E-state index < -0.39 is 19.7 Å². The highest BCUT2D eigenvalue weighted by atomic mass is 31.2. The molecule has 0 aromatic carbocycles. The van der Waals surface area contributed by atoms with Crippen molar-refractivity contribution in [2.24, 2.45) is 0 Å². The van der Waals surface area contributed by atoms with Gasteiger partial charge in [-0.15, -0.1) is 0 Å². The summed E-state index contributed by atoms with van der Waals surface area (Å²) < 4.78 is 19.7.